The van der Waals surface area contributed by atoms with Crippen molar-refractivity contribution in [3.8, 4) is 0 Å². The highest BCUT2D eigenvalue weighted by atomic mass is 32.2. The van der Waals surface area contributed by atoms with Crippen molar-refractivity contribution in [1.82, 2.24) is 20.0 Å². The van der Waals surface area contributed by atoms with Crippen LogP contribution in [-0.2, 0) is 21.4 Å². The molecule has 0 aliphatic carbocycles. The maximum absolute atomic E-state index is 12.6. The number of carboxylic acids is 1. The zero-order valence-electron chi connectivity index (χ0n) is 19.7. The summed E-state index contributed by atoms with van der Waals surface area (Å²) < 4.78 is 27.7. The van der Waals surface area contributed by atoms with Gasteiger partial charge in [-0.1, -0.05) is 30.3 Å². The van der Waals surface area contributed by atoms with E-state index in [2.05, 4.69) is 30.2 Å². The van der Waals surface area contributed by atoms with Crippen LogP contribution in [0.4, 0.5) is 11.6 Å². The van der Waals surface area contributed by atoms with Gasteiger partial charge < -0.3 is 15.3 Å². The van der Waals surface area contributed by atoms with Crippen LogP contribution in [0.5, 0.6) is 0 Å². The van der Waals surface area contributed by atoms with Crippen LogP contribution in [0.1, 0.15) is 24.8 Å². The van der Waals surface area contributed by atoms with Crippen LogP contribution in [0, 0.1) is 0 Å². The van der Waals surface area contributed by atoms with Crippen molar-refractivity contribution < 1.29 is 18.3 Å². The van der Waals surface area contributed by atoms with Gasteiger partial charge in [-0.05, 0) is 48.7 Å². The molecule has 2 aromatic carbocycles. The van der Waals surface area contributed by atoms with Crippen LogP contribution in [-0.4, -0.2) is 54.8 Å². The first-order valence-electron chi connectivity index (χ1n) is 11.8. The molecule has 0 saturated carbocycles. The average molecular weight is 511 g/mol. The molecule has 10 nitrogen and oxygen atoms in total. The minimum atomic E-state index is -3.85. The number of hydrogen-bond acceptors (Lipinski definition) is 8. The molecule has 0 radical (unpaired) electrons. The second-order valence-corrected chi connectivity index (χ2v) is 10.3. The van der Waals surface area contributed by atoms with Crippen molar-refractivity contribution in [2.24, 2.45) is 0 Å². The fourth-order valence-electron chi connectivity index (χ4n) is 4.09. The second kappa shape index (κ2) is 11.9. The second-order valence-electron chi connectivity index (χ2n) is 8.61. The summed E-state index contributed by atoms with van der Waals surface area (Å²) in [6.07, 6.45) is 4.06. The lowest BCUT2D eigenvalue weighted by atomic mass is 10.0. The topological polar surface area (TPSA) is 137 Å². The molecule has 1 fully saturated rings. The Morgan fingerprint density at radius 3 is 2.31 bits per heavy atom. The third kappa shape index (κ3) is 7.23. The van der Waals surface area contributed by atoms with Crippen LogP contribution < -0.4 is 20.3 Å². The van der Waals surface area contributed by atoms with Crippen LogP contribution in [0.3, 0.4) is 0 Å². The molecular formula is C25H30N6O4S. The van der Waals surface area contributed by atoms with E-state index in [9.17, 15) is 18.3 Å². The quantitative estimate of drug-likeness (QED) is 0.287. The van der Waals surface area contributed by atoms with Gasteiger partial charge in [-0.15, -0.1) is 0 Å². The van der Waals surface area contributed by atoms with Gasteiger partial charge in [0.1, 0.15) is 0 Å². The third-order valence-electron chi connectivity index (χ3n) is 5.98. The van der Waals surface area contributed by atoms with Crippen molar-refractivity contribution in [2.75, 3.05) is 23.3 Å². The van der Waals surface area contributed by atoms with Crippen molar-refractivity contribution in [1.29, 1.82) is 0 Å². The van der Waals surface area contributed by atoms with E-state index in [0.29, 0.717) is 18.5 Å². The molecule has 190 valence electrons. The highest BCUT2D eigenvalue weighted by Crippen LogP contribution is 2.22. The molecule has 4 N–H and O–H groups in total. The van der Waals surface area contributed by atoms with Gasteiger partial charge in [0.2, 0.25) is 16.0 Å². The average Bonchev–Trinajstić information content (AvgIpc) is 2.89. The number of nitrogens with one attached hydrogen (secondary N) is 3. The van der Waals surface area contributed by atoms with Gasteiger partial charge in [-0.3, -0.25) is 10.1 Å². The predicted octanol–water partition coefficient (Wildman–Crippen LogP) is 2.43. The van der Waals surface area contributed by atoms with Gasteiger partial charge in [0.25, 0.3) is 0 Å². The number of benzene rings is 2. The molecule has 3 aromatic rings. The summed E-state index contributed by atoms with van der Waals surface area (Å²) in [5.74, 6) is -0.449. The number of piperidine rings is 1. The van der Waals surface area contributed by atoms with Crippen LogP contribution in [0.15, 0.2) is 78.0 Å². The van der Waals surface area contributed by atoms with Crippen molar-refractivity contribution in [2.45, 2.75) is 42.9 Å². The summed E-state index contributed by atoms with van der Waals surface area (Å²) in [6.45, 7) is 2.13. The zero-order chi connectivity index (χ0) is 25.4. The van der Waals surface area contributed by atoms with Gasteiger partial charge in [0.15, 0.2) is 0 Å². The Morgan fingerprint density at radius 2 is 1.67 bits per heavy atom. The van der Waals surface area contributed by atoms with Crippen LogP contribution in [0.25, 0.3) is 0 Å². The van der Waals surface area contributed by atoms with E-state index in [1.54, 1.807) is 36.7 Å². The number of carbonyl (C=O) groups is 1. The molecule has 1 aromatic heterocycles. The summed E-state index contributed by atoms with van der Waals surface area (Å²) in [4.78, 5) is 22.2. The standard InChI is InChI=1S/C25H30N6O4S/c32-24(33)17-23(30-36(34,35)22-5-2-1-3-6-22)28-18-19-7-9-21(10-8-19)31-15-11-20(12-16-31)29-25-26-13-4-14-27-25/h1-10,13-14,20,23,28,30H,11-12,15-18H2,(H,32,33)(H,26,27,29). The van der Waals surface area contributed by atoms with E-state index in [4.69, 9.17) is 0 Å². The largest absolute Gasteiger partial charge is 0.481 e. The third-order valence-corrected chi connectivity index (χ3v) is 7.47. The summed E-state index contributed by atoms with van der Waals surface area (Å²) in [5, 5.41) is 15.6. The Bertz CT molecular complexity index is 1220. The molecule has 11 heteroatoms. The highest BCUT2D eigenvalue weighted by Gasteiger charge is 2.22. The van der Waals surface area contributed by atoms with E-state index >= 15 is 0 Å². The van der Waals surface area contributed by atoms with Gasteiger partial charge in [0.05, 0.1) is 17.5 Å². The maximum Gasteiger partial charge on any atom is 0.306 e. The minimum absolute atomic E-state index is 0.0850. The number of aromatic nitrogens is 2. The number of nitrogens with zero attached hydrogens (tertiary/aromatic N) is 3. The monoisotopic (exact) mass is 510 g/mol. The molecule has 1 unspecified atom stereocenters. The molecule has 0 amide bonds. The number of sulfonamides is 1. The van der Waals surface area contributed by atoms with Gasteiger partial charge in [0, 0.05) is 43.8 Å². The van der Waals surface area contributed by atoms with Crippen molar-refractivity contribution in [3.63, 3.8) is 0 Å². The lowest BCUT2D eigenvalue weighted by Gasteiger charge is -2.34. The first kappa shape index (κ1) is 25.5. The van der Waals surface area contributed by atoms with E-state index in [0.717, 1.165) is 37.2 Å². The van der Waals surface area contributed by atoms with E-state index in [1.807, 2.05) is 24.3 Å². The highest BCUT2D eigenvalue weighted by molar-refractivity contribution is 7.89. The van der Waals surface area contributed by atoms with Gasteiger partial charge in [-0.2, -0.15) is 4.72 Å². The molecule has 1 atom stereocenters. The number of rotatable bonds is 11. The lowest BCUT2D eigenvalue weighted by Crippen LogP contribution is -2.46. The zero-order valence-corrected chi connectivity index (χ0v) is 20.6. The molecule has 0 spiro atoms. The molecule has 36 heavy (non-hydrogen) atoms. The van der Waals surface area contributed by atoms with Crippen molar-refractivity contribution >= 4 is 27.6 Å². The summed E-state index contributed by atoms with van der Waals surface area (Å²) >= 11 is 0. The minimum Gasteiger partial charge on any atom is -0.481 e. The number of hydrogen-bond donors (Lipinski definition) is 4. The first-order valence-corrected chi connectivity index (χ1v) is 13.3. The Labute approximate surface area is 210 Å². The van der Waals surface area contributed by atoms with Crippen LogP contribution >= 0.6 is 0 Å². The van der Waals surface area contributed by atoms with E-state index < -0.39 is 22.2 Å². The van der Waals surface area contributed by atoms with Gasteiger partial charge >= 0.3 is 5.97 Å². The fourth-order valence-corrected chi connectivity index (χ4v) is 5.28. The van der Waals surface area contributed by atoms with Crippen molar-refractivity contribution in [3.05, 3.63) is 78.6 Å². The number of aliphatic carboxylic acids is 1. The number of carboxylic acid groups (broad SMARTS) is 1. The first-order chi connectivity index (χ1) is 17.4. The molecule has 1 aliphatic heterocycles. The lowest BCUT2D eigenvalue weighted by molar-refractivity contribution is -0.137. The van der Waals surface area contributed by atoms with Gasteiger partial charge in [-0.25, -0.2) is 18.4 Å². The predicted molar refractivity (Wildman–Crippen MR) is 137 cm³/mol. The van der Waals surface area contributed by atoms with E-state index in [1.165, 1.54) is 12.1 Å². The summed E-state index contributed by atoms with van der Waals surface area (Å²) in [6, 6.07) is 18.0. The normalized spacial score (nSPS) is 15.4. The Balaban J connectivity index is 1.30. The molecule has 1 saturated heterocycles. The summed E-state index contributed by atoms with van der Waals surface area (Å²) in [7, 11) is -3.85. The SMILES string of the molecule is O=C(O)CC(NCc1ccc(N2CCC(Nc3ncccn3)CC2)cc1)NS(=O)(=O)c1ccccc1. The Hall–Kier alpha value is -3.54. The number of anilines is 2. The summed E-state index contributed by atoms with van der Waals surface area (Å²) in [5.41, 5.74) is 2.03. The Kier molecular flexibility index (Phi) is 8.47. The fraction of sp³-hybridized carbons (Fsp3) is 0.320. The molecule has 4 rings (SSSR count). The molecule has 0 bridgehead atoms. The molecular weight excluding hydrogens is 480 g/mol. The molecule has 1 aliphatic rings. The Morgan fingerprint density at radius 1 is 1.00 bits per heavy atom. The smallest absolute Gasteiger partial charge is 0.306 e. The maximum atomic E-state index is 12.6. The van der Waals surface area contributed by atoms with Crippen LogP contribution in [0.2, 0.25) is 0 Å². The molecule has 2 heterocycles. The van der Waals surface area contributed by atoms with E-state index in [-0.39, 0.29) is 11.3 Å².